The van der Waals surface area contributed by atoms with Crippen molar-refractivity contribution in [3.8, 4) is 0 Å². The fourth-order valence-electron chi connectivity index (χ4n) is 2.18. The molecule has 0 amide bonds. The Morgan fingerprint density at radius 3 is 2.60 bits per heavy atom. The van der Waals surface area contributed by atoms with Gasteiger partial charge in [0.25, 0.3) is 0 Å². The number of thiocarbonyl (C=S) groups is 1. The Labute approximate surface area is 130 Å². The Hall–Kier alpha value is -1.39. The summed E-state index contributed by atoms with van der Waals surface area (Å²) in [6, 6.07) is 15.1. The van der Waals surface area contributed by atoms with Gasteiger partial charge in [-0.2, -0.15) is 0 Å². The summed E-state index contributed by atoms with van der Waals surface area (Å²) in [6.07, 6.45) is 1.02. The highest BCUT2D eigenvalue weighted by Gasteiger charge is 2.17. The van der Waals surface area contributed by atoms with Gasteiger partial charge in [-0.1, -0.05) is 36.4 Å². The van der Waals surface area contributed by atoms with Crippen LogP contribution in [0.1, 0.15) is 17.4 Å². The first-order valence-electron chi connectivity index (χ1n) is 6.75. The molecule has 0 radical (unpaired) electrons. The van der Waals surface area contributed by atoms with Gasteiger partial charge in [0.2, 0.25) is 0 Å². The van der Waals surface area contributed by atoms with E-state index in [9.17, 15) is 0 Å². The summed E-state index contributed by atoms with van der Waals surface area (Å²) >= 11 is 7.27. The van der Waals surface area contributed by atoms with E-state index >= 15 is 0 Å². The maximum absolute atomic E-state index is 5.47. The van der Waals surface area contributed by atoms with Crippen molar-refractivity contribution in [2.45, 2.75) is 25.9 Å². The number of thiophene rings is 1. The molecule has 2 aromatic rings. The predicted octanol–water partition coefficient (Wildman–Crippen LogP) is 3.69. The molecule has 1 aromatic carbocycles. The number of benzene rings is 1. The van der Waals surface area contributed by atoms with Gasteiger partial charge in [-0.25, -0.2) is 0 Å². The summed E-state index contributed by atoms with van der Waals surface area (Å²) in [5.41, 5.74) is 1.28. The average Bonchev–Trinajstić information content (AvgIpc) is 2.98. The van der Waals surface area contributed by atoms with E-state index in [0.717, 1.165) is 18.1 Å². The van der Waals surface area contributed by atoms with Gasteiger partial charge in [0.05, 0.1) is 0 Å². The lowest BCUT2D eigenvalue weighted by atomic mass is 10.1. The molecule has 0 unspecified atom stereocenters. The first-order chi connectivity index (χ1) is 9.70. The van der Waals surface area contributed by atoms with Crippen LogP contribution in [-0.4, -0.2) is 23.1 Å². The number of nitrogens with one attached hydrogen (secondary N) is 1. The van der Waals surface area contributed by atoms with E-state index in [2.05, 4.69) is 58.9 Å². The van der Waals surface area contributed by atoms with E-state index in [-0.39, 0.29) is 0 Å². The Balaban J connectivity index is 2.08. The molecule has 0 fully saturated rings. The second kappa shape index (κ2) is 7.41. The van der Waals surface area contributed by atoms with Crippen molar-refractivity contribution in [1.29, 1.82) is 0 Å². The van der Waals surface area contributed by atoms with Crippen molar-refractivity contribution in [3.05, 3.63) is 58.3 Å². The van der Waals surface area contributed by atoms with Gasteiger partial charge in [-0.15, -0.1) is 11.3 Å². The molecule has 1 heterocycles. The van der Waals surface area contributed by atoms with Crippen molar-refractivity contribution in [2.24, 2.45) is 0 Å². The molecule has 0 bridgehead atoms. The number of rotatable bonds is 5. The molecule has 106 valence electrons. The van der Waals surface area contributed by atoms with Crippen LogP contribution in [0, 0.1) is 0 Å². The minimum Gasteiger partial charge on any atom is -0.366 e. The molecule has 2 rings (SSSR count). The first kappa shape index (κ1) is 15.0. The highest BCUT2D eigenvalue weighted by atomic mass is 32.1. The Morgan fingerprint density at radius 1 is 1.25 bits per heavy atom. The molecule has 2 nitrogen and oxygen atoms in total. The van der Waals surface area contributed by atoms with Crippen LogP contribution in [-0.2, 0) is 13.0 Å². The summed E-state index contributed by atoms with van der Waals surface area (Å²) < 4.78 is 0. The van der Waals surface area contributed by atoms with E-state index in [0.29, 0.717) is 6.04 Å². The van der Waals surface area contributed by atoms with Crippen LogP contribution in [0.5, 0.6) is 0 Å². The Kier molecular flexibility index (Phi) is 5.56. The molecule has 20 heavy (non-hydrogen) atoms. The molecule has 1 N–H and O–H groups in total. The van der Waals surface area contributed by atoms with Gasteiger partial charge >= 0.3 is 0 Å². The standard InChI is InChI=1S/C16H20N2S2/c1-13(11-15-9-6-10-20-15)18(16(19)17-2)12-14-7-4-3-5-8-14/h3-10,13H,11-12H2,1-2H3,(H,17,19)/t13-/m1/s1. The van der Waals surface area contributed by atoms with Gasteiger partial charge in [0.1, 0.15) is 0 Å². The summed E-state index contributed by atoms with van der Waals surface area (Å²) in [5, 5.41) is 6.04. The topological polar surface area (TPSA) is 15.3 Å². The van der Waals surface area contributed by atoms with Crippen molar-refractivity contribution < 1.29 is 0 Å². The molecule has 0 saturated heterocycles. The first-order valence-corrected chi connectivity index (χ1v) is 8.04. The lowest BCUT2D eigenvalue weighted by Gasteiger charge is -2.31. The van der Waals surface area contributed by atoms with Crippen LogP contribution in [0.25, 0.3) is 0 Å². The van der Waals surface area contributed by atoms with Crippen LogP contribution in [0.2, 0.25) is 0 Å². The third-order valence-corrected chi connectivity index (χ3v) is 4.62. The van der Waals surface area contributed by atoms with Crippen LogP contribution >= 0.6 is 23.6 Å². The highest BCUT2D eigenvalue weighted by Crippen LogP contribution is 2.16. The van der Waals surface area contributed by atoms with Crippen LogP contribution < -0.4 is 5.32 Å². The zero-order chi connectivity index (χ0) is 14.4. The number of hydrogen-bond donors (Lipinski definition) is 1. The molecular weight excluding hydrogens is 284 g/mol. The third kappa shape index (κ3) is 4.05. The Bertz CT molecular complexity index is 523. The fourth-order valence-corrected chi connectivity index (χ4v) is 3.25. The largest absolute Gasteiger partial charge is 0.366 e. The van der Waals surface area contributed by atoms with Gasteiger partial charge in [0, 0.05) is 30.9 Å². The SMILES string of the molecule is CNC(=S)N(Cc1ccccc1)[C@H](C)Cc1cccs1. The number of hydrogen-bond acceptors (Lipinski definition) is 2. The fraction of sp³-hybridized carbons (Fsp3) is 0.312. The van der Waals surface area contributed by atoms with E-state index < -0.39 is 0 Å². The summed E-state index contributed by atoms with van der Waals surface area (Å²) in [5.74, 6) is 0. The van der Waals surface area contributed by atoms with Crippen molar-refractivity contribution in [3.63, 3.8) is 0 Å². The van der Waals surface area contributed by atoms with Crippen LogP contribution in [0.15, 0.2) is 47.8 Å². The van der Waals surface area contributed by atoms with Crippen molar-refractivity contribution in [2.75, 3.05) is 7.05 Å². The molecule has 1 aromatic heterocycles. The molecular formula is C16H20N2S2. The van der Waals surface area contributed by atoms with Crippen molar-refractivity contribution >= 4 is 28.7 Å². The summed E-state index contributed by atoms with van der Waals surface area (Å²) in [6.45, 7) is 3.07. The zero-order valence-electron chi connectivity index (χ0n) is 11.9. The molecule has 4 heteroatoms. The van der Waals surface area contributed by atoms with Crippen molar-refractivity contribution in [1.82, 2.24) is 10.2 Å². The van der Waals surface area contributed by atoms with E-state index in [1.165, 1.54) is 10.4 Å². The van der Waals surface area contributed by atoms with Crippen LogP contribution in [0.4, 0.5) is 0 Å². The normalized spacial score (nSPS) is 11.9. The van der Waals surface area contributed by atoms with Gasteiger partial charge < -0.3 is 10.2 Å². The minimum atomic E-state index is 0.369. The lowest BCUT2D eigenvalue weighted by molar-refractivity contribution is 0.319. The second-order valence-corrected chi connectivity index (χ2v) is 6.22. The zero-order valence-corrected chi connectivity index (χ0v) is 13.5. The minimum absolute atomic E-state index is 0.369. The molecule has 1 atom stereocenters. The smallest absolute Gasteiger partial charge is 0.169 e. The van der Waals surface area contributed by atoms with Gasteiger partial charge in [-0.05, 0) is 36.2 Å². The maximum Gasteiger partial charge on any atom is 0.169 e. The average molecular weight is 304 g/mol. The number of nitrogens with zero attached hydrogens (tertiary/aromatic N) is 1. The second-order valence-electron chi connectivity index (χ2n) is 4.80. The molecule has 0 aliphatic heterocycles. The molecule has 0 aliphatic carbocycles. The van der Waals surface area contributed by atoms with E-state index in [1.807, 2.05) is 13.1 Å². The molecule has 0 spiro atoms. The molecule has 0 saturated carbocycles. The lowest BCUT2D eigenvalue weighted by Crippen LogP contribution is -2.43. The van der Waals surface area contributed by atoms with E-state index in [4.69, 9.17) is 12.2 Å². The van der Waals surface area contributed by atoms with E-state index in [1.54, 1.807) is 11.3 Å². The Morgan fingerprint density at radius 2 is 2.00 bits per heavy atom. The highest BCUT2D eigenvalue weighted by molar-refractivity contribution is 7.80. The summed E-state index contributed by atoms with van der Waals surface area (Å²) in [7, 11) is 1.89. The maximum atomic E-state index is 5.47. The quantitative estimate of drug-likeness (QED) is 0.848. The van der Waals surface area contributed by atoms with Crippen LogP contribution in [0.3, 0.4) is 0 Å². The van der Waals surface area contributed by atoms with Gasteiger partial charge in [-0.3, -0.25) is 0 Å². The molecule has 0 aliphatic rings. The predicted molar refractivity (Wildman–Crippen MR) is 91.1 cm³/mol. The summed E-state index contributed by atoms with van der Waals surface area (Å²) in [4.78, 5) is 3.65. The monoisotopic (exact) mass is 304 g/mol. The third-order valence-electron chi connectivity index (χ3n) is 3.28. The van der Waals surface area contributed by atoms with Gasteiger partial charge in [0.15, 0.2) is 5.11 Å².